The van der Waals surface area contributed by atoms with Crippen molar-refractivity contribution in [1.29, 1.82) is 5.26 Å². The lowest BCUT2D eigenvalue weighted by molar-refractivity contribution is 1.18. The van der Waals surface area contributed by atoms with Crippen molar-refractivity contribution < 1.29 is 0 Å². The summed E-state index contributed by atoms with van der Waals surface area (Å²) in [4.78, 5) is 8.84. The highest BCUT2D eigenvalue weighted by Gasteiger charge is 2.08. The van der Waals surface area contributed by atoms with Crippen LogP contribution in [0.2, 0.25) is 0 Å². The van der Waals surface area contributed by atoms with Gasteiger partial charge in [0, 0.05) is 17.3 Å². The summed E-state index contributed by atoms with van der Waals surface area (Å²) in [5.74, 6) is 0.573. The van der Waals surface area contributed by atoms with Crippen LogP contribution in [-0.4, -0.2) is 9.97 Å². The van der Waals surface area contributed by atoms with Crippen LogP contribution in [-0.2, 0) is 0 Å². The third-order valence-corrected chi connectivity index (χ3v) is 3.01. The molecule has 0 aliphatic heterocycles. The Labute approximate surface area is 117 Å². The minimum absolute atomic E-state index is 0.573. The molecule has 1 aromatic heterocycles. The normalized spacial score (nSPS) is 9.95. The van der Waals surface area contributed by atoms with Crippen molar-refractivity contribution in [1.82, 2.24) is 9.97 Å². The summed E-state index contributed by atoms with van der Waals surface area (Å²) in [6, 6.07) is 21.3. The van der Waals surface area contributed by atoms with Gasteiger partial charge in [-0.1, -0.05) is 42.5 Å². The molecular formula is C17H11N3. The van der Waals surface area contributed by atoms with Gasteiger partial charge in [0.1, 0.15) is 0 Å². The van der Waals surface area contributed by atoms with E-state index in [-0.39, 0.29) is 0 Å². The second-order valence-electron chi connectivity index (χ2n) is 4.29. The quantitative estimate of drug-likeness (QED) is 0.703. The molecule has 3 rings (SSSR count). The maximum absolute atomic E-state index is 9.16. The summed E-state index contributed by atoms with van der Waals surface area (Å²) >= 11 is 0. The zero-order valence-electron chi connectivity index (χ0n) is 10.7. The lowest BCUT2D eigenvalue weighted by Crippen LogP contribution is -1.93. The van der Waals surface area contributed by atoms with Gasteiger partial charge in [0.15, 0.2) is 5.82 Å². The third kappa shape index (κ3) is 2.27. The molecule has 0 radical (unpaired) electrons. The second-order valence-corrected chi connectivity index (χ2v) is 4.29. The highest BCUT2D eigenvalue weighted by atomic mass is 14.9. The number of aromatic nitrogens is 2. The van der Waals surface area contributed by atoms with Crippen molar-refractivity contribution in [3.8, 4) is 28.7 Å². The molecule has 0 aliphatic carbocycles. The minimum atomic E-state index is 0.573. The third-order valence-electron chi connectivity index (χ3n) is 3.01. The van der Waals surface area contributed by atoms with Crippen molar-refractivity contribution in [3.63, 3.8) is 0 Å². The van der Waals surface area contributed by atoms with E-state index in [1.807, 2.05) is 54.6 Å². The van der Waals surface area contributed by atoms with Crippen LogP contribution in [0.1, 0.15) is 5.56 Å². The Morgan fingerprint density at radius 1 is 0.850 bits per heavy atom. The van der Waals surface area contributed by atoms with Gasteiger partial charge in [-0.25, -0.2) is 9.97 Å². The largest absolute Gasteiger partial charge is 0.237 e. The molecule has 20 heavy (non-hydrogen) atoms. The van der Waals surface area contributed by atoms with E-state index in [1.165, 1.54) is 0 Å². The molecule has 0 spiro atoms. The van der Waals surface area contributed by atoms with Crippen LogP contribution in [0.4, 0.5) is 0 Å². The molecule has 3 aromatic rings. The van der Waals surface area contributed by atoms with E-state index >= 15 is 0 Å². The van der Waals surface area contributed by atoms with Gasteiger partial charge < -0.3 is 0 Å². The lowest BCUT2D eigenvalue weighted by Gasteiger charge is -2.05. The zero-order chi connectivity index (χ0) is 13.8. The first-order valence-corrected chi connectivity index (χ1v) is 6.26. The topological polar surface area (TPSA) is 49.6 Å². The highest BCUT2D eigenvalue weighted by Crippen LogP contribution is 2.22. The van der Waals surface area contributed by atoms with Crippen molar-refractivity contribution in [2.24, 2.45) is 0 Å². The summed E-state index contributed by atoms with van der Waals surface area (Å²) in [6.07, 6.45) is 1.72. The maximum Gasteiger partial charge on any atom is 0.161 e. The highest BCUT2D eigenvalue weighted by molar-refractivity contribution is 5.67. The fourth-order valence-electron chi connectivity index (χ4n) is 2.03. The van der Waals surface area contributed by atoms with Crippen molar-refractivity contribution in [2.75, 3.05) is 0 Å². The molecule has 94 valence electrons. The van der Waals surface area contributed by atoms with Gasteiger partial charge in [-0.2, -0.15) is 5.26 Å². The van der Waals surface area contributed by atoms with Gasteiger partial charge in [-0.3, -0.25) is 0 Å². The van der Waals surface area contributed by atoms with Gasteiger partial charge in [-0.15, -0.1) is 0 Å². The first kappa shape index (κ1) is 12.1. The molecule has 1 heterocycles. The number of rotatable bonds is 2. The average Bonchev–Trinajstić information content (AvgIpc) is 2.56. The molecule has 0 saturated heterocycles. The summed E-state index contributed by atoms with van der Waals surface area (Å²) in [5, 5.41) is 9.16. The summed E-state index contributed by atoms with van der Waals surface area (Å²) in [5.41, 5.74) is 3.22. The van der Waals surface area contributed by atoms with Crippen LogP contribution in [0.3, 0.4) is 0 Å². The molecule has 0 atom stereocenters. The van der Waals surface area contributed by atoms with Crippen LogP contribution in [0, 0.1) is 11.3 Å². The zero-order valence-corrected chi connectivity index (χ0v) is 10.7. The van der Waals surface area contributed by atoms with Crippen LogP contribution in [0.5, 0.6) is 0 Å². The Morgan fingerprint density at radius 2 is 1.60 bits per heavy atom. The number of hydrogen-bond acceptors (Lipinski definition) is 3. The Kier molecular flexibility index (Phi) is 3.22. The average molecular weight is 257 g/mol. The van der Waals surface area contributed by atoms with Crippen molar-refractivity contribution in [2.45, 2.75) is 0 Å². The van der Waals surface area contributed by atoms with Crippen LogP contribution in [0.15, 0.2) is 66.9 Å². The molecule has 0 aliphatic rings. The van der Waals surface area contributed by atoms with E-state index in [2.05, 4.69) is 16.0 Å². The van der Waals surface area contributed by atoms with E-state index in [9.17, 15) is 0 Å². The number of hydrogen-bond donors (Lipinski definition) is 0. The number of nitrogens with zero attached hydrogens (tertiary/aromatic N) is 3. The molecule has 2 aromatic carbocycles. The Balaban J connectivity index is 2.11. The number of nitriles is 1. The van der Waals surface area contributed by atoms with Gasteiger partial charge in [0.2, 0.25) is 0 Å². The Hall–Kier alpha value is -2.99. The fourth-order valence-corrected chi connectivity index (χ4v) is 2.03. The minimum Gasteiger partial charge on any atom is -0.237 e. The smallest absolute Gasteiger partial charge is 0.161 e. The standard InChI is InChI=1S/C17H11N3/c18-12-14-8-4-5-9-15(14)17-19-11-10-16(20-17)13-6-2-1-3-7-13/h1-11H. The Bertz CT molecular complexity index is 773. The molecule has 0 N–H and O–H groups in total. The van der Waals surface area contributed by atoms with Gasteiger partial charge in [0.25, 0.3) is 0 Å². The number of benzene rings is 2. The van der Waals surface area contributed by atoms with Crippen LogP contribution < -0.4 is 0 Å². The molecular weight excluding hydrogens is 246 g/mol. The molecule has 3 heteroatoms. The van der Waals surface area contributed by atoms with E-state index in [0.717, 1.165) is 16.8 Å². The predicted molar refractivity (Wildman–Crippen MR) is 77.6 cm³/mol. The van der Waals surface area contributed by atoms with Crippen molar-refractivity contribution >= 4 is 0 Å². The predicted octanol–water partition coefficient (Wildman–Crippen LogP) is 3.68. The Morgan fingerprint density at radius 3 is 2.40 bits per heavy atom. The summed E-state index contributed by atoms with van der Waals surface area (Å²) in [7, 11) is 0. The van der Waals surface area contributed by atoms with E-state index < -0.39 is 0 Å². The maximum atomic E-state index is 9.16. The molecule has 0 bridgehead atoms. The fraction of sp³-hybridized carbons (Fsp3) is 0. The molecule has 0 saturated carbocycles. The van der Waals surface area contributed by atoms with E-state index in [0.29, 0.717) is 11.4 Å². The molecule has 0 fully saturated rings. The van der Waals surface area contributed by atoms with Crippen LogP contribution in [0.25, 0.3) is 22.6 Å². The summed E-state index contributed by atoms with van der Waals surface area (Å²) < 4.78 is 0. The van der Waals surface area contributed by atoms with Gasteiger partial charge in [0.05, 0.1) is 17.3 Å². The summed E-state index contributed by atoms with van der Waals surface area (Å²) in [6.45, 7) is 0. The van der Waals surface area contributed by atoms with Gasteiger partial charge >= 0.3 is 0 Å². The SMILES string of the molecule is N#Cc1ccccc1-c1nccc(-c2ccccc2)n1. The van der Waals surface area contributed by atoms with Gasteiger partial charge in [-0.05, 0) is 18.2 Å². The lowest BCUT2D eigenvalue weighted by atomic mass is 10.1. The van der Waals surface area contributed by atoms with Crippen molar-refractivity contribution in [3.05, 3.63) is 72.4 Å². The monoisotopic (exact) mass is 257 g/mol. The van der Waals surface area contributed by atoms with Crippen LogP contribution >= 0.6 is 0 Å². The van der Waals surface area contributed by atoms with E-state index in [4.69, 9.17) is 5.26 Å². The first-order chi connectivity index (χ1) is 9.88. The molecule has 0 amide bonds. The second kappa shape index (κ2) is 5.33. The molecule has 3 nitrogen and oxygen atoms in total. The first-order valence-electron chi connectivity index (χ1n) is 6.26. The van der Waals surface area contributed by atoms with E-state index in [1.54, 1.807) is 12.3 Å². The molecule has 0 unspecified atom stereocenters.